The zero-order valence-corrected chi connectivity index (χ0v) is 12.4. The average Bonchev–Trinajstić information content (AvgIpc) is 1.58. The molecule has 0 saturated heterocycles. The van der Waals surface area contributed by atoms with Gasteiger partial charge in [-0.05, 0) is 24.7 Å². The predicted molar refractivity (Wildman–Crippen MR) is 49.5 cm³/mol. The van der Waals surface area contributed by atoms with Gasteiger partial charge in [0.25, 0.3) is 0 Å². The predicted octanol–water partition coefficient (Wildman–Crippen LogP) is 2.83. The first-order valence-corrected chi connectivity index (χ1v) is 4.22. The van der Waals surface area contributed by atoms with Crippen LogP contribution in [0.1, 0.15) is 48.5 Å². The van der Waals surface area contributed by atoms with Crippen LogP contribution in [0.3, 0.4) is 0 Å². The second-order valence-corrected chi connectivity index (χ2v) is 5.43. The molecule has 0 amide bonds. The molecule has 0 aliphatic carbocycles. The van der Waals surface area contributed by atoms with E-state index in [-0.39, 0.29) is 43.5 Å². The molecule has 1 N–H and O–H groups in total. The molecule has 2 heteroatoms. The van der Waals surface area contributed by atoms with Gasteiger partial charge in [-0.2, -0.15) is 0 Å². The van der Waals surface area contributed by atoms with Gasteiger partial charge in [-0.3, -0.25) is 0 Å². The minimum Gasteiger partial charge on any atom is -0.390 e. The Morgan fingerprint density at radius 1 is 0.750 bits per heavy atom. The quantitative estimate of drug-likeness (QED) is 0.755. The van der Waals surface area contributed by atoms with Crippen molar-refractivity contribution in [3.8, 4) is 0 Å². The van der Waals surface area contributed by atoms with E-state index in [2.05, 4.69) is 34.6 Å². The first-order valence-electron chi connectivity index (χ1n) is 4.22. The van der Waals surface area contributed by atoms with Crippen LogP contribution in [-0.2, 0) is 32.7 Å². The summed E-state index contributed by atoms with van der Waals surface area (Å²) < 4.78 is 0. The Hall–Kier alpha value is 1.06. The molecule has 0 aromatic rings. The molecule has 0 aromatic carbocycles. The number of aliphatic hydroxyl groups is 1. The fraction of sp³-hybridized carbons (Fsp3) is 1.00. The molecular weight excluding hydrogens is 225 g/mol. The zero-order valence-electron chi connectivity index (χ0n) is 9.52. The second-order valence-electron chi connectivity index (χ2n) is 5.43. The maximum absolute atomic E-state index is 9.88. The molecule has 1 nitrogen and oxygen atoms in total. The standard InChI is InChI=1S/C10H22O.Y/c1-8(2,3)9(4,5)10(6,7)11;/h11H,1-7H3;. The van der Waals surface area contributed by atoms with Crippen molar-refractivity contribution in [2.75, 3.05) is 0 Å². The maximum Gasteiger partial charge on any atom is 0.0647 e. The normalized spacial score (nSPS) is 14.0. The Morgan fingerprint density at radius 2 is 1.00 bits per heavy atom. The minimum absolute atomic E-state index is 0. The largest absolute Gasteiger partial charge is 0.390 e. The van der Waals surface area contributed by atoms with Gasteiger partial charge in [-0.15, -0.1) is 0 Å². The van der Waals surface area contributed by atoms with Gasteiger partial charge in [0, 0.05) is 32.7 Å². The summed E-state index contributed by atoms with van der Waals surface area (Å²) in [5, 5.41) is 9.88. The van der Waals surface area contributed by atoms with Crippen molar-refractivity contribution < 1.29 is 37.8 Å². The van der Waals surface area contributed by atoms with Gasteiger partial charge in [0.05, 0.1) is 5.60 Å². The Balaban J connectivity index is 0. The van der Waals surface area contributed by atoms with Crippen LogP contribution in [0.2, 0.25) is 0 Å². The van der Waals surface area contributed by atoms with E-state index in [0.29, 0.717) is 0 Å². The summed E-state index contributed by atoms with van der Waals surface area (Å²) in [7, 11) is 0. The van der Waals surface area contributed by atoms with Crippen LogP contribution in [0.15, 0.2) is 0 Å². The molecule has 0 bridgehead atoms. The van der Waals surface area contributed by atoms with Crippen molar-refractivity contribution in [1.82, 2.24) is 0 Å². The molecule has 0 fully saturated rings. The zero-order chi connectivity index (χ0) is 9.50. The molecule has 0 heterocycles. The second kappa shape index (κ2) is 4.06. The topological polar surface area (TPSA) is 20.2 Å². The first-order chi connectivity index (χ1) is 4.50. The first kappa shape index (κ1) is 15.5. The molecule has 0 saturated carbocycles. The third-order valence-electron chi connectivity index (χ3n) is 3.40. The van der Waals surface area contributed by atoms with Crippen molar-refractivity contribution in [2.24, 2.45) is 10.8 Å². The van der Waals surface area contributed by atoms with Crippen LogP contribution < -0.4 is 0 Å². The fourth-order valence-electron chi connectivity index (χ4n) is 0.918. The van der Waals surface area contributed by atoms with Gasteiger partial charge in [0.2, 0.25) is 0 Å². The number of hydrogen-bond acceptors (Lipinski definition) is 1. The van der Waals surface area contributed by atoms with E-state index in [1.54, 1.807) is 0 Å². The van der Waals surface area contributed by atoms with Crippen molar-refractivity contribution in [1.29, 1.82) is 0 Å². The third-order valence-corrected chi connectivity index (χ3v) is 3.40. The van der Waals surface area contributed by atoms with Crippen molar-refractivity contribution in [3.63, 3.8) is 0 Å². The average molecular weight is 247 g/mol. The monoisotopic (exact) mass is 247 g/mol. The molecular formula is C10H22OY. The van der Waals surface area contributed by atoms with Crippen LogP contribution in [0, 0.1) is 10.8 Å². The van der Waals surface area contributed by atoms with E-state index >= 15 is 0 Å². The molecule has 0 unspecified atom stereocenters. The Morgan fingerprint density at radius 3 is 1.00 bits per heavy atom. The minimum atomic E-state index is -0.620. The van der Waals surface area contributed by atoms with E-state index < -0.39 is 5.60 Å². The molecule has 71 valence electrons. The summed E-state index contributed by atoms with van der Waals surface area (Å²) in [5.41, 5.74) is -0.559. The molecule has 0 atom stereocenters. The third kappa shape index (κ3) is 3.08. The molecule has 0 aromatic heterocycles. The Bertz CT molecular complexity index is 121. The molecule has 12 heavy (non-hydrogen) atoms. The van der Waals surface area contributed by atoms with E-state index in [1.165, 1.54) is 0 Å². The van der Waals surface area contributed by atoms with E-state index in [4.69, 9.17) is 0 Å². The van der Waals surface area contributed by atoms with Gasteiger partial charge in [0.15, 0.2) is 0 Å². The van der Waals surface area contributed by atoms with Gasteiger partial charge in [-0.1, -0.05) is 34.6 Å². The van der Waals surface area contributed by atoms with Gasteiger partial charge in [0.1, 0.15) is 0 Å². The number of hydrogen-bond donors (Lipinski definition) is 1. The summed E-state index contributed by atoms with van der Waals surface area (Å²) in [6, 6.07) is 0. The van der Waals surface area contributed by atoms with Crippen LogP contribution in [0.25, 0.3) is 0 Å². The van der Waals surface area contributed by atoms with Crippen LogP contribution in [-0.4, -0.2) is 10.7 Å². The smallest absolute Gasteiger partial charge is 0.0647 e. The molecule has 0 spiro atoms. The molecule has 0 rings (SSSR count). The summed E-state index contributed by atoms with van der Waals surface area (Å²) in [6.07, 6.45) is 0. The summed E-state index contributed by atoms with van der Waals surface area (Å²) >= 11 is 0. The molecule has 0 aliphatic rings. The molecule has 0 aliphatic heterocycles. The fourth-order valence-corrected chi connectivity index (χ4v) is 0.918. The van der Waals surface area contributed by atoms with Gasteiger partial charge in [-0.25, -0.2) is 0 Å². The van der Waals surface area contributed by atoms with Crippen LogP contribution in [0.4, 0.5) is 0 Å². The summed E-state index contributed by atoms with van der Waals surface area (Å²) in [5.74, 6) is 0. The van der Waals surface area contributed by atoms with E-state index in [1.807, 2.05) is 13.8 Å². The summed E-state index contributed by atoms with van der Waals surface area (Å²) in [6.45, 7) is 14.4. The van der Waals surface area contributed by atoms with Crippen LogP contribution in [0.5, 0.6) is 0 Å². The van der Waals surface area contributed by atoms with Crippen molar-refractivity contribution in [3.05, 3.63) is 0 Å². The molecule has 1 radical (unpaired) electrons. The van der Waals surface area contributed by atoms with E-state index in [9.17, 15) is 5.11 Å². The van der Waals surface area contributed by atoms with Crippen molar-refractivity contribution >= 4 is 0 Å². The van der Waals surface area contributed by atoms with E-state index in [0.717, 1.165) is 0 Å². The number of rotatable bonds is 1. The van der Waals surface area contributed by atoms with Crippen molar-refractivity contribution in [2.45, 2.75) is 54.1 Å². The maximum atomic E-state index is 9.88. The van der Waals surface area contributed by atoms with Gasteiger partial charge >= 0.3 is 0 Å². The SMILES string of the molecule is CC(C)(C)C(C)(C)C(C)(C)O.[Y]. The summed E-state index contributed by atoms with van der Waals surface area (Å²) in [4.78, 5) is 0. The Labute approximate surface area is 102 Å². The van der Waals surface area contributed by atoms with Gasteiger partial charge < -0.3 is 5.11 Å². The Kier molecular flexibility index (Phi) is 5.26. The van der Waals surface area contributed by atoms with Crippen LogP contribution >= 0.6 is 0 Å².